The van der Waals surface area contributed by atoms with Crippen molar-refractivity contribution >= 4 is 17.5 Å². The van der Waals surface area contributed by atoms with Crippen molar-refractivity contribution in [3.8, 4) is 0 Å². The Morgan fingerprint density at radius 3 is 2.21 bits per heavy atom. The normalized spacial score (nSPS) is 19.1. The Hall–Kier alpha value is -2.62. The Kier molecular flexibility index (Phi) is 6.85. The Morgan fingerprint density at radius 2 is 1.54 bits per heavy atom. The van der Waals surface area contributed by atoms with Crippen molar-refractivity contribution in [2.24, 2.45) is 11.8 Å². The van der Waals surface area contributed by atoms with Crippen LogP contribution in [0.2, 0.25) is 0 Å². The highest BCUT2D eigenvalue weighted by Gasteiger charge is 2.30. The molecule has 0 bridgehead atoms. The summed E-state index contributed by atoms with van der Waals surface area (Å²) in [5.41, 5.74) is 4.34. The van der Waals surface area contributed by atoms with Crippen LogP contribution in [0, 0.1) is 25.7 Å². The molecule has 2 amide bonds. The van der Waals surface area contributed by atoms with Gasteiger partial charge in [0, 0.05) is 24.1 Å². The summed E-state index contributed by atoms with van der Waals surface area (Å²) in [7, 11) is 0. The fourth-order valence-corrected chi connectivity index (χ4v) is 3.84. The maximum Gasteiger partial charge on any atom is 0.227 e. The molecule has 2 aromatic rings. The van der Waals surface area contributed by atoms with Crippen molar-refractivity contribution in [1.82, 2.24) is 5.32 Å². The first kappa shape index (κ1) is 20.1. The van der Waals surface area contributed by atoms with E-state index in [0.29, 0.717) is 6.54 Å². The molecule has 4 heteroatoms. The summed E-state index contributed by atoms with van der Waals surface area (Å²) >= 11 is 0. The summed E-state index contributed by atoms with van der Waals surface area (Å²) in [5, 5.41) is 6.14. The standard InChI is InChI=1S/C24H30N2O2/c1-17-8-9-18(2)22(16-17)26-24(28)21-12-10-20(11-13-21)23(27)25-15-14-19-6-4-3-5-7-19/h3-9,16,20-21H,10-15H2,1-2H3,(H,25,27)(H,26,28). The average molecular weight is 379 g/mol. The third-order valence-electron chi connectivity index (χ3n) is 5.68. The van der Waals surface area contributed by atoms with Gasteiger partial charge in [-0.3, -0.25) is 9.59 Å². The fourth-order valence-electron chi connectivity index (χ4n) is 3.84. The lowest BCUT2D eigenvalue weighted by atomic mass is 9.81. The Labute approximate surface area is 167 Å². The zero-order chi connectivity index (χ0) is 19.9. The monoisotopic (exact) mass is 378 g/mol. The van der Waals surface area contributed by atoms with Gasteiger partial charge in [0.1, 0.15) is 0 Å². The van der Waals surface area contributed by atoms with Crippen molar-refractivity contribution in [2.75, 3.05) is 11.9 Å². The quantitative estimate of drug-likeness (QED) is 0.782. The Balaban J connectivity index is 1.42. The number of rotatable bonds is 6. The summed E-state index contributed by atoms with van der Waals surface area (Å²) in [6.45, 7) is 4.69. The predicted octanol–water partition coefficient (Wildman–Crippen LogP) is 4.41. The van der Waals surface area contributed by atoms with E-state index >= 15 is 0 Å². The lowest BCUT2D eigenvalue weighted by Gasteiger charge is -2.27. The molecule has 1 fully saturated rings. The van der Waals surface area contributed by atoms with E-state index in [1.165, 1.54) is 5.56 Å². The summed E-state index contributed by atoms with van der Waals surface area (Å²) in [4.78, 5) is 25.1. The van der Waals surface area contributed by atoms with Crippen LogP contribution in [-0.4, -0.2) is 18.4 Å². The van der Waals surface area contributed by atoms with Crippen molar-refractivity contribution < 1.29 is 9.59 Å². The molecule has 28 heavy (non-hydrogen) atoms. The summed E-state index contributed by atoms with van der Waals surface area (Å²) < 4.78 is 0. The highest BCUT2D eigenvalue weighted by Crippen LogP contribution is 2.30. The number of hydrogen-bond donors (Lipinski definition) is 2. The number of aryl methyl sites for hydroxylation is 2. The number of carbonyl (C=O) groups excluding carboxylic acids is 2. The van der Waals surface area contributed by atoms with Gasteiger partial charge in [0.15, 0.2) is 0 Å². The van der Waals surface area contributed by atoms with Gasteiger partial charge in [-0.05, 0) is 68.7 Å². The zero-order valence-electron chi connectivity index (χ0n) is 16.8. The number of amides is 2. The molecule has 3 rings (SSSR count). The van der Waals surface area contributed by atoms with Gasteiger partial charge >= 0.3 is 0 Å². The van der Waals surface area contributed by atoms with Gasteiger partial charge in [-0.15, -0.1) is 0 Å². The molecule has 0 aromatic heterocycles. The molecule has 1 saturated carbocycles. The van der Waals surface area contributed by atoms with E-state index in [4.69, 9.17) is 0 Å². The van der Waals surface area contributed by atoms with Crippen molar-refractivity contribution in [1.29, 1.82) is 0 Å². The molecule has 2 aromatic carbocycles. The third kappa shape index (κ3) is 5.44. The number of hydrogen-bond acceptors (Lipinski definition) is 2. The van der Waals surface area contributed by atoms with Crippen molar-refractivity contribution in [3.05, 3.63) is 65.2 Å². The number of carbonyl (C=O) groups is 2. The first-order chi connectivity index (χ1) is 13.5. The molecule has 4 nitrogen and oxygen atoms in total. The number of nitrogens with one attached hydrogen (secondary N) is 2. The minimum absolute atomic E-state index is 0.00622. The maximum absolute atomic E-state index is 12.6. The molecule has 0 spiro atoms. The first-order valence-corrected chi connectivity index (χ1v) is 10.2. The van der Waals surface area contributed by atoms with Gasteiger partial charge in [-0.2, -0.15) is 0 Å². The van der Waals surface area contributed by atoms with Crippen LogP contribution >= 0.6 is 0 Å². The Morgan fingerprint density at radius 1 is 0.893 bits per heavy atom. The highest BCUT2D eigenvalue weighted by molar-refractivity contribution is 5.93. The molecule has 1 aliphatic carbocycles. The average Bonchev–Trinajstić information content (AvgIpc) is 2.71. The fraction of sp³-hybridized carbons (Fsp3) is 0.417. The maximum atomic E-state index is 12.6. The lowest BCUT2D eigenvalue weighted by molar-refractivity contribution is -0.128. The van der Waals surface area contributed by atoms with E-state index in [2.05, 4.69) is 22.8 Å². The van der Waals surface area contributed by atoms with Crippen LogP contribution in [0.5, 0.6) is 0 Å². The van der Waals surface area contributed by atoms with E-state index in [-0.39, 0.29) is 23.7 Å². The highest BCUT2D eigenvalue weighted by atomic mass is 16.2. The zero-order valence-corrected chi connectivity index (χ0v) is 16.8. The van der Waals surface area contributed by atoms with Crippen LogP contribution in [0.15, 0.2) is 48.5 Å². The van der Waals surface area contributed by atoms with Crippen LogP contribution in [0.4, 0.5) is 5.69 Å². The summed E-state index contributed by atoms with van der Waals surface area (Å²) in [6.07, 6.45) is 3.95. The topological polar surface area (TPSA) is 58.2 Å². The van der Waals surface area contributed by atoms with Crippen LogP contribution in [-0.2, 0) is 16.0 Å². The van der Waals surface area contributed by atoms with Gasteiger partial charge < -0.3 is 10.6 Å². The molecule has 0 radical (unpaired) electrons. The van der Waals surface area contributed by atoms with Gasteiger partial charge in [0.25, 0.3) is 0 Å². The first-order valence-electron chi connectivity index (χ1n) is 10.2. The smallest absolute Gasteiger partial charge is 0.227 e. The molecular weight excluding hydrogens is 348 g/mol. The van der Waals surface area contributed by atoms with E-state index in [9.17, 15) is 9.59 Å². The number of anilines is 1. The number of benzene rings is 2. The van der Waals surface area contributed by atoms with Crippen LogP contribution in [0.1, 0.15) is 42.4 Å². The van der Waals surface area contributed by atoms with Crippen LogP contribution in [0.25, 0.3) is 0 Å². The second kappa shape index (κ2) is 9.54. The van der Waals surface area contributed by atoms with Gasteiger partial charge in [-0.1, -0.05) is 42.5 Å². The second-order valence-corrected chi connectivity index (χ2v) is 7.88. The largest absolute Gasteiger partial charge is 0.356 e. The van der Waals surface area contributed by atoms with E-state index in [0.717, 1.165) is 48.9 Å². The molecule has 0 saturated heterocycles. The van der Waals surface area contributed by atoms with Crippen molar-refractivity contribution in [2.45, 2.75) is 46.0 Å². The molecule has 148 valence electrons. The second-order valence-electron chi connectivity index (χ2n) is 7.88. The lowest BCUT2D eigenvalue weighted by Crippen LogP contribution is -2.36. The molecular formula is C24H30N2O2. The minimum Gasteiger partial charge on any atom is -0.356 e. The molecule has 0 unspecified atom stereocenters. The molecule has 0 aliphatic heterocycles. The van der Waals surface area contributed by atoms with Crippen LogP contribution in [0.3, 0.4) is 0 Å². The Bertz CT molecular complexity index is 809. The SMILES string of the molecule is Cc1ccc(C)c(NC(=O)C2CCC(C(=O)NCCc3ccccc3)CC2)c1. The van der Waals surface area contributed by atoms with E-state index in [1.807, 2.05) is 50.2 Å². The summed E-state index contributed by atoms with van der Waals surface area (Å²) in [5.74, 6) is 0.231. The predicted molar refractivity (Wildman–Crippen MR) is 113 cm³/mol. The molecule has 1 aliphatic rings. The third-order valence-corrected chi connectivity index (χ3v) is 5.68. The van der Waals surface area contributed by atoms with Crippen molar-refractivity contribution in [3.63, 3.8) is 0 Å². The van der Waals surface area contributed by atoms with Gasteiger partial charge in [0.05, 0.1) is 0 Å². The summed E-state index contributed by atoms with van der Waals surface area (Å²) in [6, 6.07) is 16.3. The van der Waals surface area contributed by atoms with E-state index < -0.39 is 0 Å². The minimum atomic E-state index is -0.00622. The van der Waals surface area contributed by atoms with Gasteiger partial charge in [-0.25, -0.2) is 0 Å². The molecule has 2 N–H and O–H groups in total. The van der Waals surface area contributed by atoms with E-state index in [1.54, 1.807) is 0 Å². The van der Waals surface area contributed by atoms with Crippen LogP contribution < -0.4 is 10.6 Å². The molecule has 0 atom stereocenters. The molecule has 0 heterocycles. The van der Waals surface area contributed by atoms with Gasteiger partial charge in [0.2, 0.25) is 11.8 Å².